The summed E-state index contributed by atoms with van der Waals surface area (Å²) >= 11 is 0. The normalized spacial score (nSPS) is 17.2. The van der Waals surface area contributed by atoms with Gasteiger partial charge >= 0.3 is 0 Å². The molecule has 1 aliphatic heterocycles. The van der Waals surface area contributed by atoms with Gasteiger partial charge in [-0.05, 0) is 56.2 Å². The van der Waals surface area contributed by atoms with Crippen molar-refractivity contribution >= 4 is 11.6 Å². The van der Waals surface area contributed by atoms with Gasteiger partial charge in [0.1, 0.15) is 12.4 Å². The average molecular weight is 371 g/mol. The van der Waals surface area contributed by atoms with Crippen molar-refractivity contribution in [3.63, 3.8) is 0 Å². The minimum Gasteiger partial charge on any atom is -0.493 e. The van der Waals surface area contributed by atoms with Crippen LogP contribution in [0.3, 0.4) is 0 Å². The third-order valence-corrected chi connectivity index (χ3v) is 4.32. The van der Waals surface area contributed by atoms with E-state index in [0.717, 1.165) is 25.2 Å². The third-order valence-electron chi connectivity index (χ3n) is 4.32. The van der Waals surface area contributed by atoms with Gasteiger partial charge in [-0.3, -0.25) is 4.79 Å². The predicted molar refractivity (Wildman–Crippen MR) is 103 cm³/mol. The molecule has 27 heavy (non-hydrogen) atoms. The monoisotopic (exact) mass is 371 g/mol. The summed E-state index contributed by atoms with van der Waals surface area (Å²) in [5.41, 5.74) is 0.681. The van der Waals surface area contributed by atoms with E-state index in [-0.39, 0.29) is 12.0 Å². The van der Waals surface area contributed by atoms with Gasteiger partial charge < -0.3 is 24.3 Å². The minimum atomic E-state index is -0.670. The molecule has 2 aromatic rings. The molecule has 0 saturated carbocycles. The summed E-state index contributed by atoms with van der Waals surface area (Å²) in [6.45, 7) is 3.06. The Labute approximate surface area is 159 Å². The van der Waals surface area contributed by atoms with Gasteiger partial charge in [0, 0.05) is 12.3 Å². The number of nitrogens with one attached hydrogen (secondary N) is 1. The molecule has 6 heteroatoms. The summed E-state index contributed by atoms with van der Waals surface area (Å²) in [7, 11) is 1.56. The SMILES string of the molecule is COc1ccccc1OC(C)C(=O)Nc1ccc(OCC2CCCO2)cc1. The second kappa shape index (κ2) is 9.28. The lowest BCUT2D eigenvalue weighted by Crippen LogP contribution is -2.30. The van der Waals surface area contributed by atoms with Crippen LogP contribution in [-0.4, -0.2) is 38.4 Å². The standard InChI is InChI=1S/C21H25NO5/c1-15(27-20-8-4-3-7-19(20)24-2)21(23)22-16-9-11-17(12-10-16)26-14-18-6-5-13-25-18/h3-4,7-12,15,18H,5-6,13-14H2,1-2H3,(H,22,23). The summed E-state index contributed by atoms with van der Waals surface area (Å²) < 4.78 is 22.2. The second-order valence-electron chi connectivity index (χ2n) is 6.37. The number of carbonyl (C=O) groups is 1. The molecular formula is C21H25NO5. The Balaban J connectivity index is 1.50. The summed E-state index contributed by atoms with van der Waals surface area (Å²) in [6.07, 6.45) is 1.64. The molecule has 6 nitrogen and oxygen atoms in total. The van der Waals surface area contributed by atoms with Crippen LogP contribution < -0.4 is 19.5 Å². The molecular weight excluding hydrogens is 346 g/mol. The van der Waals surface area contributed by atoms with E-state index in [1.807, 2.05) is 24.3 Å². The van der Waals surface area contributed by atoms with E-state index < -0.39 is 6.10 Å². The highest BCUT2D eigenvalue weighted by Crippen LogP contribution is 2.27. The molecule has 3 rings (SSSR count). The number of rotatable bonds is 8. The van der Waals surface area contributed by atoms with E-state index in [1.54, 1.807) is 38.3 Å². The zero-order valence-corrected chi connectivity index (χ0v) is 15.6. The lowest BCUT2D eigenvalue weighted by molar-refractivity contribution is -0.122. The second-order valence-corrected chi connectivity index (χ2v) is 6.37. The highest BCUT2D eigenvalue weighted by Gasteiger charge is 2.18. The number of hydrogen-bond donors (Lipinski definition) is 1. The van der Waals surface area contributed by atoms with E-state index in [1.165, 1.54) is 0 Å². The quantitative estimate of drug-likeness (QED) is 0.767. The number of hydrogen-bond acceptors (Lipinski definition) is 5. The van der Waals surface area contributed by atoms with Crippen LogP contribution >= 0.6 is 0 Å². The van der Waals surface area contributed by atoms with Gasteiger partial charge in [-0.15, -0.1) is 0 Å². The number of methoxy groups -OCH3 is 1. The van der Waals surface area contributed by atoms with Crippen LogP contribution in [-0.2, 0) is 9.53 Å². The summed E-state index contributed by atoms with van der Waals surface area (Å²) in [5.74, 6) is 1.63. The molecule has 1 amide bonds. The van der Waals surface area contributed by atoms with Crippen LogP contribution in [0.1, 0.15) is 19.8 Å². The van der Waals surface area contributed by atoms with Crippen LogP contribution in [0.25, 0.3) is 0 Å². The van der Waals surface area contributed by atoms with Crippen molar-refractivity contribution in [1.82, 2.24) is 0 Å². The molecule has 0 spiro atoms. The van der Waals surface area contributed by atoms with E-state index >= 15 is 0 Å². The number of benzene rings is 2. The molecule has 0 radical (unpaired) electrons. The van der Waals surface area contributed by atoms with Crippen LogP contribution in [0.15, 0.2) is 48.5 Å². The van der Waals surface area contributed by atoms with E-state index in [0.29, 0.717) is 23.8 Å². The van der Waals surface area contributed by atoms with E-state index in [9.17, 15) is 4.79 Å². The Bertz CT molecular complexity index is 740. The highest BCUT2D eigenvalue weighted by molar-refractivity contribution is 5.94. The van der Waals surface area contributed by atoms with Gasteiger partial charge in [-0.1, -0.05) is 12.1 Å². The molecule has 2 atom stereocenters. The van der Waals surface area contributed by atoms with E-state index in [2.05, 4.69) is 5.32 Å². The first-order valence-electron chi connectivity index (χ1n) is 9.10. The highest BCUT2D eigenvalue weighted by atomic mass is 16.5. The zero-order valence-electron chi connectivity index (χ0n) is 15.6. The number of carbonyl (C=O) groups excluding carboxylic acids is 1. The third kappa shape index (κ3) is 5.37. The Kier molecular flexibility index (Phi) is 6.54. The first-order valence-corrected chi connectivity index (χ1v) is 9.10. The maximum Gasteiger partial charge on any atom is 0.265 e. The molecule has 1 N–H and O–H groups in total. The lowest BCUT2D eigenvalue weighted by Gasteiger charge is -2.17. The zero-order chi connectivity index (χ0) is 19.1. The van der Waals surface area contributed by atoms with Crippen LogP contribution in [0.5, 0.6) is 17.2 Å². The molecule has 0 aliphatic carbocycles. The fraction of sp³-hybridized carbons (Fsp3) is 0.381. The van der Waals surface area contributed by atoms with Crippen molar-refractivity contribution in [2.24, 2.45) is 0 Å². The number of anilines is 1. The molecule has 2 unspecified atom stereocenters. The fourth-order valence-corrected chi connectivity index (χ4v) is 2.80. The van der Waals surface area contributed by atoms with Gasteiger partial charge in [0.15, 0.2) is 17.6 Å². The molecule has 1 heterocycles. The van der Waals surface area contributed by atoms with Gasteiger partial charge in [-0.2, -0.15) is 0 Å². The molecule has 1 saturated heterocycles. The summed E-state index contributed by atoms with van der Waals surface area (Å²) in [4.78, 5) is 12.4. The first-order chi connectivity index (χ1) is 13.2. The topological polar surface area (TPSA) is 66.0 Å². The molecule has 2 aromatic carbocycles. The van der Waals surface area contributed by atoms with Gasteiger partial charge in [0.25, 0.3) is 5.91 Å². The Hall–Kier alpha value is -2.73. The van der Waals surface area contributed by atoms with Crippen molar-refractivity contribution in [1.29, 1.82) is 0 Å². The molecule has 144 valence electrons. The fourth-order valence-electron chi connectivity index (χ4n) is 2.80. The largest absolute Gasteiger partial charge is 0.493 e. The number of ether oxygens (including phenoxy) is 4. The van der Waals surface area contributed by atoms with Crippen molar-refractivity contribution in [2.75, 3.05) is 25.6 Å². The lowest BCUT2D eigenvalue weighted by atomic mass is 10.2. The van der Waals surface area contributed by atoms with Crippen LogP contribution in [0, 0.1) is 0 Å². The Morgan fingerprint density at radius 2 is 1.93 bits per heavy atom. The van der Waals surface area contributed by atoms with E-state index in [4.69, 9.17) is 18.9 Å². The summed E-state index contributed by atoms with van der Waals surface area (Å²) in [5, 5.41) is 2.84. The maximum atomic E-state index is 12.4. The van der Waals surface area contributed by atoms with Crippen LogP contribution in [0.2, 0.25) is 0 Å². The van der Waals surface area contributed by atoms with Crippen LogP contribution in [0.4, 0.5) is 5.69 Å². The van der Waals surface area contributed by atoms with Crippen molar-refractivity contribution in [2.45, 2.75) is 32.0 Å². The number of para-hydroxylation sites is 2. The average Bonchev–Trinajstić information content (AvgIpc) is 3.21. The molecule has 1 aliphatic rings. The van der Waals surface area contributed by atoms with Gasteiger partial charge in [-0.25, -0.2) is 0 Å². The van der Waals surface area contributed by atoms with Crippen molar-refractivity contribution < 1.29 is 23.7 Å². The van der Waals surface area contributed by atoms with Gasteiger partial charge in [0.2, 0.25) is 0 Å². The smallest absolute Gasteiger partial charge is 0.265 e. The molecule has 0 aromatic heterocycles. The number of amides is 1. The minimum absolute atomic E-state index is 0.178. The van der Waals surface area contributed by atoms with Crippen molar-refractivity contribution in [3.05, 3.63) is 48.5 Å². The van der Waals surface area contributed by atoms with Gasteiger partial charge in [0.05, 0.1) is 13.2 Å². The Morgan fingerprint density at radius 1 is 1.19 bits per heavy atom. The molecule has 1 fully saturated rings. The first kappa shape index (κ1) is 19.0. The van der Waals surface area contributed by atoms with Crippen molar-refractivity contribution in [3.8, 4) is 17.2 Å². The summed E-state index contributed by atoms with van der Waals surface area (Å²) in [6, 6.07) is 14.5. The molecule has 0 bridgehead atoms. The Morgan fingerprint density at radius 3 is 2.59 bits per heavy atom. The predicted octanol–water partition coefficient (Wildman–Crippen LogP) is 3.66. The maximum absolute atomic E-state index is 12.4.